The monoisotopic (exact) mass is 472 g/mol. The Morgan fingerprint density at radius 3 is 2.00 bits per heavy atom. The van der Waals surface area contributed by atoms with Crippen molar-refractivity contribution < 1.29 is 19.1 Å². The zero-order valence-corrected chi connectivity index (χ0v) is 20.6. The van der Waals surface area contributed by atoms with Crippen molar-refractivity contribution in [3.05, 3.63) is 89.5 Å². The van der Waals surface area contributed by atoms with Crippen LogP contribution in [0.1, 0.15) is 50.3 Å². The van der Waals surface area contributed by atoms with Crippen LogP contribution in [0.5, 0.6) is 0 Å². The normalized spacial score (nSPS) is 13.4. The predicted molar refractivity (Wildman–Crippen MR) is 138 cm³/mol. The van der Waals surface area contributed by atoms with Crippen LogP contribution in [0.25, 0.3) is 11.1 Å². The van der Waals surface area contributed by atoms with Crippen LogP contribution in [-0.4, -0.2) is 30.4 Å². The van der Waals surface area contributed by atoms with Crippen molar-refractivity contribution in [2.24, 2.45) is 0 Å². The Balaban J connectivity index is 1.29. The van der Waals surface area contributed by atoms with Gasteiger partial charge in [-0.3, -0.25) is 5.32 Å². The average Bonchev–Trinajstić information content (AvgIpc) is 3.11. The van der Waals surface area contributed by atoms with Crippen LogP contribution < -0.4 is 10.6 Å². The van der Waals surface area contributed by atoms with Gasteiger partial charge in [-0.1, -0.05) is 60.7 Å². The number of rotatable bonds is 6. The van der Waals surface area contributed by atoms with Gasteiger partial charge < -0.3 is 14.8 Å². The van der Waals surface area contributed by atoms with Gasteiger partial charge in [-0.2, -0.15) is 0 Å². The molecule has 0 radical (unpaired) electrons. The van der Waals surface area contributed by atoms with Crippen molar-refractivity contribution in [3.63, 3.8) is 0 Å². The lowest BCUT2D eigenvalue weighted by atomic mass is 9.98. The lowest BCUT2D eigenvalue weighted by molar-refractivity contribution is 0.0508. The van der Waals surface area contributed by atoms with Crippen molar-refractivity contribution in [2.75, 3.05) is 11.9 Å². The number of hydrogen-bond donors (Lipinski definition) is 2. The van der Waals surface area contributed by atoms with Crippen LogP contribution in [0.15, 0.2) is 72.8 Å². The highest BCUT2D eigenvalue weighted by molar-refractivity contribution is 5.85. The number of ether oxygens (including phenoxy) is 2. The smallest absolute Gasteiger partial charge is 0.411 e. The van der Waals surface area contributed by atoms with E-state index >= 15 is 0 Å². The average molecular weight is 473 g/mol. The topological polar surface area (TPSA) is 76.7 Å². The SMILES string of the molecule is C[C@H](Cc1ccc(NC(=O)OCC2c3ccccc3-c3ccccc32)cc1)NC(=O)OC(C)(C)C. The molecule has 2 N–H and O–H groups in total. The highest BCUT2D eigenvalue weighted by atomic mass is 16.6. The second-order valence-corrected chi connectivity index (χ2v) is 9.90. The molecule has 0 aliphatic heterocycles. The first-order valence-electron chi connectivity index (χ1n) is 11.9. The molecule has 35 heavy (non-hydrogen) atoms. The molecule has 0 spiro atoms. The molecule has 3 aromatic carbocycles. The summed E-state index contributed by atoms with van der Waals surface area (Å²) in [7, 11) is 0. The van der Waals surface area contributed by atoms with Gasteiger partial charge in [-0.05, 0) is 74.1 Å². The van der Waals surface area contributed by atoms with Crippen molar-refractivity contribution >= 4 is 17.9 Å². The highest BCUT2D eigenvalue weighted by Gasteiger charge is 2.29. The fourth-order valence-corrected chi connectivity index (χ4v) is 4.39. The number of benzene rings is 3. The molecular weight excluding hydrogens is 440 g/mol. The first-order valence-corrected chi connectivity index (χ1v) is 11.9. The highest BCUT2D eigenvalue weighted by Crippen LogP contribution is 2.44. The summed E-state index contributed by atoms with van der Waals surface area (Å²) in [6, 6.07) is 23.9. The third kappa shape index (κ3) is 6.21. The Bertz CT molecular complexity index is 1150. The maximum atomic E-state index is 12.5. The van der Waals surface area contributed by atoms with Gasteiger partial charge in [0.05, 0.1) is 0 Å². The number of carbonyl (C=O) groups is 2. The first-order chi connectivity index (χ1) is 16.7. The Labute approximate surface area is 206 Å². The second-order valence-electron chi connectivity index (χ2n) is 9.90. The van der Waals surface area contributed by atoms with E-state index in [0.29, 0.717) is 12.1 Å². The molecule has 0 bridgehead atoms. The summed E-state index contributed by atoms with van der Waals surface area (Å²) in [4.78, 5) is 24.4. The van der Waals surface area contributed by atoms with E-state index in [1.165, 1.54) is 22.3 Å². The second kappa shape index (κ2) is 10.2. The van der Waals surface area contributed by atoms with Crippen LogP contribution in [0.4, 0.5) is 15.3 Å². The molecule has 0 aromatic heterocycles. The molecule has 1 aliphatic rings. The fourth-order valence-electron chi connectivity index (χ4n) is 4.39. The third-order valence-corrected chi connectivity index (χ3v) is 5.85. The Hall–Kier alpha value is -3.80. The van der Waals surface area contributed by atoms with E-state index in [2.05, 4.69) is 34.9 Å². The Morgan fingerprint density at radius 1 is 0.857 bits per heavy atom. The number of nitrogens with one attached hydrogen (secondary N) is 2. The minimum Gasteiger partial charge on any atom is -0.448 e. The molecule has 0 heterocycles. The van der Waals surface area contributed by atoms with Gasteiger partial charge in [0.2, 0.25) is 0 Å². The van der Waals surface area contributed by atoms with E-state index in [4.69, 9.17) is 9.47 Å². The number of fused-ring (bicyclic) bond motifs is 3. The minimum atomic E-state index is -0.531. The molecule has 0 saturated heterocycles. The fraction of sp³-hybridized carbons (Fsp3) is 0.310. The summed E-state index contributed by atoms with van der Waals surface area (Å²) in [5, 5.41) is 5.64. The summed E-state index contributed by atoms with van der Waals surface area (Å²) in [6.07, 6.45) is -0.275. The largest absolute Gasteiger partial charge is 0.448 e. The number of alkyl carbamates (subject to hydrolysis) is 1. The summed E-state index contributed by atoms with van der Waals surface area (Å²) < 4.78 is 10.9. The van der Waals surface area contributed by atoms with Crippen molar-refractivity contribution in [2.45, 2.75) is 51.7 Å². The molecule has 6 heteroatoms. The molecule has 4 rings (SSSR count). The lowest BCUT2D eigenvalue weighted by Crippen LogP contribution is -2.38. The molecule has 6 nitrogen and oxygen atoms in total. The maximum Gasteiger partial charge on any atom is 0.411 e. The van der Waals surface area contributed by atoms with Gasteiger partial charge in [0.15, 0.2) is 0 Å². The van der Waals surface area contributed by atoms with Gasteiger partial charge >= 0.3 is 12.2 Å². The van der Waals surface area contributed by atoms with Crippen LogP contribution >= 0.6 is 0 Å². The molecule has 0 saturated carbocycles. The number of amides is 2. The summed E-state index contributed by atoms with van der Waals surface area (Å²) >= 11 is 0. The third-order valence-electron chi connectivity index (χ3n) is 5.85. The van der Waals surface area contributed by atoms with Gasteiger partial charge in [-0.15, -0.1) is 0 Å². The van der Waals surface area contributed by atoms with Crippen molar-refractivity contribution in [1.82, 2.24) is 5.32 Å². The Kier molecular flexibility index (Phi) is 7.10. The molecule has 0 unspecified atom stereocenters. The molecule has 1 aliphatic carbocycles. The van der Waals surface area contributed by atoms with Gasteiger partial charge in [-0.25, -0.2) is 9.59 Å². The molecule has 0 fully saturated rings. The van der Waals surface area contributed by atoms with Crippen molar-refractivity contribution in [1.29, 1.82) is 0 Å². The molecule has 3 aromatic rings. The Morgan fingerprint density at radius 2 is 1.43 bits per heavy atom. The van der Waals surface area contributed by atoms with E-state index in [9.17, 15) is 9.59 Å². The van der Waals surface area contributed by atoms with Gasteiger partial charge in [0.25, 0.3) is 0 Å². The molecule has 182 valence electrons. The quantitative estimate of drug-likeness (QED) is 0.429. The maximum absolute atomic E-state index is 12.5. The number of anilines is 1. The van der Waals surface area contributed by atoms with E-state index in [1.54, 1.807) is 0 Å². The van der Waals surface area contributed by atoms with E-state index in [0.717, 1.165) is 5.56 Å². The molecular formula is C29H32N2O4. The van der Waals surface area contributed by atoms with Crippen LogP contribution in [0.2, 0.25) is 0 Å². The standard InChI is InChI=1S/C29H32N2O4/c1-19(30-28(33)35-29(2,3)4)17-20-13-15-21(16-14-20)31-27(32)34-18-26-24-11-7-5-9-22(24)23-10-6-8-12-25(23)26/h5-16,19,26H,17-18H2,1-4H3,(H,30,33)(H,31,32)/t19-/m1/s1. The van der Waals surface area contributed by atoms with Gasteiger partial charge in [0, 0.05) is 17.6 Å². The molecule has 2 amide bonds. The van der Waals surface area contributed by atoms with E-state index in [-0.39, 0.29) is 18.6 Å². The first kappa shape index (κ1) is 24.3. The minimum absolute atomic E-state index is 0.0227. The zero-order valence-electron chi connectivity index (χ0n) is 20.6. The molecule has 1 atom stereocenters. The number of carbonyl (C=O) groups excluding carboxylic acids is 2. The summed E-state index contributed by atoms with van der Waals surface area (Å²) in [6.45, 7) is 7.69. The van der Waals surface area contributed by atoms with Crippen LogP contribution in [-0.2, 0) is 15.9 Å². The van der Waals surface area contributed by atoms with Crippen molar-refractivity contribution in [3.8, 4) is 11.1 Å². The lowest BCUT2D eigenvalue weighted by Gasteiger charge is -2.22. The van der Waals surface area contributed by atoms with Crippen LogP contribution in [0, 0.1) is 0 Å². The summed E-state index contributed by atoms with van der Waals surface area (Å²) in [5.41, 5.74) is 5.91. The van der Waals surface area contributed by atoms with Crippen LogP contribution in [0.3, 0.4) is 0 Å². The van der Waals surface area contributed by atoms with E-state index < -0.39 is 17.8 Å². The predicted octanol–water partition coefficient (Wildman–Crippen LogP) is 6.50. The number of hydrogen-bond acceptors (Lipinski definition) is 4. The van der Waals surface area contributed by atoms with E-state index in [1.807, 2.05) is 76.2 Å². The summed E-state index contributed by atoms with van der Waals surface area (Å²) in [5.74, 6) is 0.0227. The van der Waals surface area contributed by atoms with Gasteiger partial charge in [0.1, 0.15) is 12.2 Å². The zero-order chi connectivity index (χ0) is 25.0.